The van der Waals surface area contributed by atoms with Gasteiger partial charge in [0.05, 0.1) is 9.64 Å². The second-order valence-corrected chi connectivity index (χ2v) is 6.65. The van der Waals surface area contributed by atoms with Crippen LogP contribution in [0.25, 0.3) is 0 Å². The molecular weight excluding hydrogens is 196 g/mol. The van der Waals surface area contributed by atoms with Gasteiger partial charge in [-0.2, -0.15) is 0 Å². The Bertz CT molecular complexity index is 436. The van der Waals surface area contributed by atoms with Crippen molar-refractivity contribution in [1.82, 2.24) is 0 Å². The van der Waals surface area contributed by atoms with E-state index in [9.17, 15) is 8.42 Å². The summed E-state index contributed by atoms with van der Waals surface area (Å²) in [6.45, 7) is 3.82. The molecule has 0 heterocycles. The molecule has 0 aromatic heterocycles. The zero-order chi connectivity index (χ0) is 10.4. The van der Waals surface area contributed by atoms with Gasteiger partial charge in [-0.15, -0.1) is 0 Å². The van der Waals surface area contributed by atoms with Gasteiger partial charge in [-0.3, -0.25) is 0 Å². The van der Waals surface area contributed by atoms with Gasteiger partial charge in [-0.25, -0.2) is 8.42 Å². The maximum Gasteiger partial charge on any atom is 0.184 e. The minimum atomic E-state index is -3.11. The molecule has 0 aliphatic heterocycles. The van der Waals surface area contributed by atoms with Crippen LogP contribution in [0, 0.1) is 5.92 Å². The zero-order valence-electron chi connectivity index (χ0n) is 8.40. The summed E-state index contributed by atoms with van der Waals surface area (Å²) in [6.07, 6.45) is 0.782. The van der Waals surface area contributed by atoms with E-state index >= 15 is 0 Å². The standard InChI is InChI=1S/C11H14O2S/c1-9-8-11(9,2)14(12,13)10-6-4-3-5-7-10/h3-7,9H,8H2,1-2H3/t9-,11+/m1/s1. The summed E-state index contributed by atoms with van der Waals surface area (Å²) in [7, 11) is -3.11. The van der Waals surface area contributed by atoms with Gasteiger partial charge in [-0.1, -0.05) is 25.1 Å². The second-order valence-electron chi connectivity index (χ2n) is 4.23. The van der Waals surface area contributed by atoms with Crippen molar-refractivity contribution in [3.63, 3.8) is 0 Å². The molecule has 2 nitrogen and oxygen atoms in total. The third-order valence-corrected chi connectivity index (χ3v) is 5.95. The maximum atomic E-state index is 12.1. The van der Waals surface area contributed by atoms with E-state index in [1.807, 2.05) is 19.9 Å². The van der Waals surface area contributed by atoms with E-state index < -0.39 is 14.6 Å². The molecule has 1 aliphatic rings. The van der Waals surface area contributed by atoms with Gasteiger partial charge in [0.15, 0.2) is 9.84 Å². The molecule has 0 radical (unpaired) electrons. The fourth-order valence-electron chi connectivity index (χ4n) is 1.79. The number of rotatable bonds is 2. The highest BCUT2D eigenvalue weighted by molar-refractivity contribution is 7.93. The van der Waals surface area contributed by atoms with Crippen molar-refractivity contribution in [3.05, 3.63) is 30.3 Å². The van der Waals surface area contributed by atoms with E-state index in [2.05, 4.69) is 0 Å². The van der Waals surface area contributed by atoms with Crippen LogP contribution in [-0.2, 0) is 9.84 Å². The van der Waals surface area contributed by atoms with Gasteiger partial charge < -0.3 is 0 Å². The maximum absolute atomic E-state index is 12.1. The van der Waals surface area contributed by atoms with Crippen LogP contribution in [-0.4, -0.2) is 13.2 Å². The molecule has 0 saturated heterocycles. The first-order chi connectivity index (χ1) is 6.48. The Kier molecular flexibility index (Phi) is 1.96. The summed E-state index contributed by atoms with van der Waals surface area (Å²) in [5.41, 5.74) is 0. The predicted molar refractivity (Wildman–Crippen MR) is 55.8 cm³/mol. The van der Waals surface area contributed by atoms with Gasteiger partial charge in [0, 0.05) is 0 Å². The van der Waals surface area contributed by atoms with Crippen LogP contribution in [0.2, 0.25) is 0 Å². The van der Waals surface area contributed by atoms with Gasteiger partial charge in [0.2, 0.25) is 0 Å². The molecular formula is C11H14O2S. The Hall–Kier alpha value is -0.830. The third-order valence-electron chi connectivity index (χ3n) is 3.26. The zero-order valence-corrected chi connectivity index (χ0v) is 9.21. The van der Waals surface area contributed by atoms with Crippen molar-refractivity contribution < 1.29 is 8.42 Å². The fourth-order valence-corrected chi connectivity index (χ4v) is 3.85. The molecule has 1 aliphatic carbocycles. The first kappa shape index (κ1) is 9.71. The normalized spacial score (nSPS) is 31.4. The topological polar surface area (TPSA) is 34.1 Å². The molecule has 1 aromatic carbocycles. The second kappa shape index (κ2) is 2.83. The quantitative estimate of drug-likeness (QED) is 0.750. The van der Waals surface area contributed by atoms with Crippen LogP contribution in [0.1, 0.15) is 20.3 Å². The van der Waals surface area contributed by atoms with Crippen molar-refractivity contribution in [1.29, 1.82) is 0 Å². The lowest BCUT2D eigenvalue weighted by molar-refractivity contribution is 0.577. The average molecular weight is 210 g/mol. The van der Waals surface area contributed by atoms with E-state index in [4.69, 9.17) is 0 Å². The van der Waals surface area contributed by atoms with Gasteiger partial charge >= 0.3 is 0 Å². The van der Waals surface area contributed by atoms with Gasteiger partial charge in [-0.05, 0) is 31.4 Å². The summed E-state index contributed by atoms with van der Waals surface area (Å²) < 4.78 is 23.7. The molecule has 0 N–H and O–H groups in total. The van der Waals surface area contributed by atoms with Crippen molar-refractivity contribution in [2.75, 3.05) is 0 Å². The highest BCUT2D eigenvalue weighted by Gasteiger charge is 2.57. The lowest BCUT2D eigenvalue weighted by atomic mass is 10.4. The van der Waals surface area contributed by atoms with Crippen LogP contribution in [0.3, 0.4) is 0 Å². The van der Waals surface area contributed by atoms with Gasteiger partial charge in [0.25, 0.3) is 0 Å². The molecule has 1 fully saturated rings. The van der Waals surface area contributed by atoms with Crippen LogP contribution in [0.15, 0.2) is 35.2 Å². The highest BCUT2D eigenvalue weighted by atomic mass is 32.2. The minimum Gasteiger partial charge on any atom is -0.223 e. The third kappa shape index (κ3) is 1.19. The van der Waals surface area contributed by atoms with E-state index in [-0.39, 0.29) is 5.92 Å². The SMILES string of the molecule is C[C@@H]1C[C@]1(C)S(=O)(=O)c1ccccc1. The van der Waals surface area contributed by atoms with E-state index in [1.54, 1.807) is 24.3 Å². The Morgan fingerprint density at radius 2 is 1.79 bits per heavy atom. The van der Waals surface area contributed by atoms with Crippen LogP contribution < -0.4 is 0 Å². The molecule has 1 saturated carbocycles. The molecule has 0 amide bonds. The molecule has 0 spiro atoms. The van der Waals surface area contributed by atoms with Gasteiger partial charge in [0.1, 0.15) is 0 Å². The Morgan fingerprint density at radius 1 is 1.29 bits per heavy atom. The highest BCUT2D eigenvalue weighted by Crippen LogP contribution is 2.51. The molecule has 76 valence electrons. The van der Waals surface area contributed by atoms with E-state index in [0.717, 1.165) is 6.42 Å². The molecule has 2 rings (SSSR count). The molecule has 14 heavy (non-hydrogen) atoms. The van der Waals surface area contributed by atoms with Crippen LogP contribution in [0.4, 0.5) is 0 Å². The molecule has 0 unspecified atom stereocenters. The smallest absolute Gasteiger partial charge is 0.184 e. The van der Waals surface area contributed by atoms with E-state index in [1.165, 1.54) is 0 Å². The largest absolute Gasteiger partial charge is 0.223 e. The Labute approximate surface area is 84.9 Å². The fraction of sp³-hybridized carbons (Fsp3) is 0.455. The number of hydrogen-bond donors (Lipinski definition) is 0. The Morgan fingerprint density at radius 3 is 2.21 bits per heavy atom. The van der Waals surface area contributed by atoms with Crippen molar-refractivity contribution >= 4 is 9.84 Å². The van der Waals surface area contributed by atoms with E-state index in [0.29, 0.717) is 4.90 Å². The van der Waals surface area contributed by atoms with Crippen molar-refractivity contribution in [2.24, 2.45) is 5.92 Å². The average Bonchev–Trinajstić information content (AvgIpc) is 2.78. The van der Waals surface area contributed by atoms with Crippen LogP contribution >= 0.6 is 0 Å². The molecule has 3 heteroatoms. The summed E-state index contributed by atoms with van der Waals surface area (Å²) in [5, 5.41) is 0. The summed E-state index contributed by atoms with van der Waals surface area (Å²) in [4.78, 5) is 0.451. The number of sulfone groups is 1. The lowest BCUT2D eigenvalue weighted by Crippen LogP contribution is -2.21. The summed E-state index contributed by atoms with van der Waals surface area (Å²) in [6, 6.07) is 8.71. The minimum absolute atomic E-state index is 0.285. The monoisotopic (exact) mass is 210 g/mol. The number of hydrogen-bond acceptors (Lipinski definition) is 2. The first-order valence-corrected chi connectivity index (χ1v) is 6.26. The van der Waals surface area contributed by atoms with Crippen molar-refractivity contribution in [2.45, 2.75) is 29.9 Å². The predicted octanol–water partition coefficient (Wildman–Crippen LogP) is 2.26. The Balaban J connectivity index is 2.45. The first-order valence-electron chi connectivity index (χ1n) is 4.78. The van der Waals surface area contributed by atoms with Crippen molar-refractivity contribution in [3.8, 4) is 0 Å². The van der Waals surface area contributed by atoms with Crippen LogP contribution in [0.5, 0.6) is 0 Å². The molecule has 1 aromatic rings. The summed E-state index contributed by atoms with van der Waals surface area (Å²) >= 11 is 0. The summed E-state index contributed by atoms with van der Waals surface area (Å²) in [5.74, 6) is 0.285. The lowest BCUT2D eigenvalue weighted by Gasteiger charge is -2.11. The molecule has 0 bridgehead atoms. The molecule has 2 atom stereocenters. The number of benzene rings is 1.